The number of fused-ring (bicyclic) bond motifs is 1. The van der Waals surface area contributed by atoms with Crippen molar-refractivity contribution in [3.8, 4) is 11.8 Å². The summed E-state index contributed by atoms with van der Waals surface area (Å²) >= 11 is 0. The zero-order valence-corrected chi connectivity index (χ0v) is 10.3. The molecule has 1 unspecified atom stereocenters. The zero-order valence-electron chi connectivity index (χ0n) is 10.3. The summed E-state index contributed by atoms with van der Waals surface area (Å²) in [5.41, 5.74) is 0.742. The van der Waals surface area contributed by atoms with Crippen LogP contribution in [0.2, 0.25) is 0 Å². The van der Waals surface area contributed by atoms with E-state index in [-0.39, 0.29) is 11.9 Å². The first-order chi connectivity index (χ1) is 8.63. The number of rotatable bonds is 2. The summed E-state index contributed by atoms with van der Waals surface area (Å²) in [6.07, 6.45) is 0. The molecule has 0 spiro atoms. The molecule has 1 atom stereocenters. The number of nitrogens with zero attached hydrogens (tertiary/aromatic N) is 1. The van der Waals surface area contributed by atoms with E-state index in [9.17, 15) is 4.79 Å². The smallest absolute Gasteiger partial charge is 0.308 e. The van der Waals surface area contributed by atoms with E-state index in [4.69, 9.17) is 10.00 Å². The molecule has 0 saturated heterocycles. The maximum atomic E-state index is 11.2. The fraction of sp³-hybridized carbons (Fsp3) is 0.200. The molecule has 90 valence electrons. The Balaban J connectivity index is 2.71. The summed E-state index contributed by atoms with van der Waals surface area (Å²) in [5.74, 6) is -0.198. The first-order valence-corrected chi connectivity index (χ1v) is 5.73. The molecule has 0 N–H and O–H groups in total. The number of benzene rings is 2. The van der Waals surface area contributed by atoms with Gasteiger partial charge in [0.2, 0.25) is 0 Å². The third-order valence-electron chi connectivity index (χ3n) is 2.82. The number of nitriles is 1. The predicted molar refractivity (Wildman–Crippen MR) is 69.3 cm³/mol. The van der Waals surface area contributed by atoms with Gasteiger partial charge in [-0.15, -0.1) is 0 Å². The average Bonchev–Trinajstić information content (AvgIpc) is 2.37. The monoisotopic (exact) mass is 239 g/mol. The molecule has 2 rings (SSSR count). The number of carbonyl (C=O) groups excluding carboxylic acids is 1. The van der Waals surface area contributed by atoms with Gasteiger partial charge in [-0.25, -0.2) is 0 Å². The number of esters is 1. The van der Waals surface area contributed by atoms with Gasteiger partial charge in [0.25, 0.3) is 0 Å². The fourth-order valence-corrected chi connectivity index (χ4v) is 1.93. The lowest BCUT2D eigenvalue weighted by Gasteiger charge is -2.13. The zero-order chi connectivity index (χ0) is 13.1. The van der Waals surface area contributed by atoms with Crippen molar-refractivity contribution in [1.82, 2.24) is 0 Å². The highest BCUT2D eigenvalue weighted by atomic mass is 16.5. The molecule has 0 heterocycles. The van der Waals surface area contributed by atoms with Gasteiger partial charge in [0.05, 0.1) is 12.0 Å². The Bertz CT molecular complexity index is 640. The van der Waals surface area contributed by atoms with Crippen LogP contribution in [0, 0.1) is 11.3 Å². The minimum atomic E-state index is -0.377. The Kier molecular flexibility index (Phi) is 3.29. The van der Waals surface area contributed by atoms with Crippen LogP contribution in [0.4, 0.5) is 0 Å². The normalized spacial score (nSPS) is 11.8. The van der Waals surface area contributed by atoms with Crippen LogP contribution in [0.5, 0.6) is 5.75 Å². The lowest BCUT2D eigenvalue weighted by molar-refractivity contribution is -0.131. The maximum Gasteiger partial charge on any atom is 0.308 e. The molecule has 3 nitrogen and oxygen atoms in total. The molecule has 0 aliphatic rings. The van der Waals surface area contributed by atoms with Crippen molar-refractivity contribution in [2.45, 2.75) is 19.8 Å². The molecular weight excluding hydrogens is 226 g/mol. The molecule has 0 aromatic heterocycles. The summed E-state index contributed by atoms with van der Waals surface area (Å²) in [6, 6.07) is 13.6. The highest BCUT2D eigenvalue weighted by Crippen LogP contribution is 2.34. The van der Waals surface area contributed by atoms with E-state index in [0.717, 1.165) is 16.3 Å². The van der Waals surface area contributed by atoms with E-state index in [2.05, 4.69) is 6.07 Å². The molecule has 3 heteroatoms. The lowest BCUT2D eigenvalue weighted by Crippen LogP contribution is -2.05. The van der Waals surface area contributed by atoms with E-state index >= 15 is 0 Å². The van der Waals surface area contributed by atoms with E-state index in [1.807, 2.05) is 36.4 Å². The van der Waals surface area contributed by atoms with E-state index < -0.39 is 0 Å². The summed E-state index contributed by atoms with van der Waals surface area (Å²) in [5, 5.41) is 10.9. The minimum absolute atomic E-state index is 0.316. The average molecular weight is 239 g/mol. The molecule has 2 aromatic rings. The van der Waals surface area contributed by atoms with Gasteiger partial charge < -0.3 is 4.74 Å². The SMILES string of the molecule is CC(=O)Oc1c(C(C)C#N)ccc2ccccc12. The Morgan fingerprint density at radius 3 is 2.67 bits per heavy atom. The Hall–Kier alpha value is -2.34. The molecular formula is C15H13NO2. The summed E-state index contributed by atoms with van der Waals surface area (Å²) < 4.78 is 5.29. The van der Waals surface area contributed by atoms with Crippen LogP contribution in [0.3, 0.4) is 0 Å². The minimum Gasteiger partial charge on any atom is -0.426 e. The maximum absolute atomic E-state index is 11.2. The van der Waals surface area contributed by atoms with Crippen molar-refractivity contribution in [2.24, 2.45) is 0 Å². The Morgan fingerprint density at radius 2 is 2.00 bits per heavy atom. The van der Waals surface area contributed by atoms with Gasteiger partial charge in [-0.1, -0.05) is 36.4 Å². The van der Waals surface area contributed by atoms with Crippen LogP contribution < -0.4 is 4.74 Å². The van der Waals surface area contributed by atoms with Gasteiger partial charge in [0, 0.05) is 17.9 Å². The molecule has 0 bridgehead atoms. The van der Waals surface area contributed by atoms with Crippen LogP contribution in [-0.2, 0) is 4.79 Å². The lowest BCUT2D eigenvalue weighted by atomic mass is 9.97. The first-order valence-electron chi connectivity index (χ1n) is 5.73. The van der Waals surface area contributed by atoms with Gasteiger partial charge in [-0.3, -0.25) is 4.79 Å². The second kappa shape index (κ2) is 4.89. The van der Waals surface area contributed by atoms with Gasteiger partial charge in [-0.2, -0.15) is 5.26 Å². The highest BCUT2D eigenvalue weighted by molar-refractivity contribution is 5.91. The Morgan fingerprint density at radius 1 is 1.28 bits per heavy atom. The quantitative estimate of drug-likeness (QED) is 0.596. The van der Waals surface area contributed by atoms with Crippen LogP contribution in [-0.4, -0.2) is 5.97 Å². The van der Waals surface area contributed by atoms with Crippen molar-refractivity contribution in [1.29, 1.82) is 5.26 Å². The molecule has 0 amide bonds. The summed E-state index contributed by atoms with van der Waals surface area (Å²) in [4.78, 5) is 11.2. The Labute approximate surface area is 106 Å². The van der Waals surface area contributed by atoms with Crippen LogP contribution in [0.1, 0.15) is 25.3 Å². The van der Waals surface area contributed by atoms with Crippen molar-refractivity contribution in [3.05, 3.63) is 42.0 Å². The van der Waals surface area contributed by atoms with E-state index in [1.54, 1.807) is 6.92 Å². The van der Waals surface area contributed by atoms with Gasteiger partial charge in [0.1, 0.15) is 5.75 Å². The number of ether oxygens (including phenoxy) is 1. The van der Waals surface area contributed by atoms with Gasteiger partial charge in [-0.05, 0) is 12.3 Å². The van der Waals surface area contributed by atoms with Crippen molar-refractivity contribution in [2.75, 3.05) is 0 Å². The fourth-order valence-electron chi connectivity index (χ4n) is 1.93. The van der Waals surface area contributed by atoms with Crippen molar-refractivity contribution >= 4 is 16.7 Å². The molecule has 0 saturated carbocycles. The third-order valence-corrected chi connectivity index (χ3v) is 2.82. The topological polar surface area (TPSA) is 50.1 Å². The van der Waals surface area contributed by atoms with Gasteiger partial charge >= 0.3 is 5.97 Å². The molecule has 0 aliphatic heterocycles. The van der Waals surface area contributed by atoms with Crippen LogP contribution in [0.25, 0.3) is 10.8 Å². The van der Waals surface area contributed by atoms with E-state index in [1.165, 1.54) is 6.92 Å². The van der Waals surface area contributed by atoms with E-state index in [0.29, 0.717) is 5.75 Å². The molecule has 0 aliphatic carbocycles. The molecule has 0 fully saturated rings. The largest absolute Gasteiger partial charge is 0.426 e. The molecule has 0 radical (unpaired) electrons. The van der Waals surface area contributed by atoms with Crippen molar-refractivity contribution in [3.63, 3.8) is 0 Å². The number of carbonyl (C=O) groups is 1. The summed E-state index contributed by atoms with van der Waals surface area (Å²) in [7, 11) is 0. The second-order valence-corrected chi connectivity index (χ2v) is 4.15. The van der Waals surface area contributed by atoms with Crippen LogP contribution >= 0.6 is 0 Å². The molecule has 2 aromatic carbocycles. The highest BCUT2D eigenvalue weighted by Gasteiger charge is 2.15. The van der Waals surface area contributed by atoms with Gasteiger partial charge in [0.15, 0.2) is 0 Å². The predicted octanol–water partition coefficient (Wildman–Crippen LogP) is 3.39. The molecule has 18 heavy (non-hydrogen) atoms. The van der Waals surface area contributed by atoms with Crippen LogP contribution in [0.15, 0.2) is 36.4 Å². The number of hydrogen-bond acceptors (Lipinski definition) is 3. The second-order valence-electron chi connectivity index (χ2n) is 4.15. The number of hydrogen-bond donors (Lipinski definition) is 0. The third kappa shape index (κ3) is 2.18. The summed E-state index contributed by atoms with van der Waals surface area (Å²) in [6.45, 7) is 3.15. The standard InChI is InChI=1S/C15H13NO2/c1-10(9-16)13-8-7-12-5-3-4-6-14(12)15(13)18-11(2)17/h3-8,10H,1-2H3. The van der Waals surface area contributed by atoms with Crippen molar-refractivity contribution < 1.29 is 9.53 Å². The first kappa shape index (κ1) is 12.1.